The van der Waals surface area contributed by atoms with E-state index in [1.54, 1.807) is 0 Å². The average Bonchev–Trinajstić information content (AvgIpc) is 3.29. The van der Waals surface area contributed by atoms with E-state index in [4.69, 9.17) is 19.2 Å². The van der Waals surface area contributed by atoms with E-state index in [2.05, 4.69) is 39.9 Å². The van der Waals surface area contributed by atoms with Gasteiger partial charge in [-0.1, -0.05) is 0 Å². The molecular formula is C23H37IN6O3. The molecule has 1 aliphatic rings. The van der Waals surface area contributed by atoms with Crippen LogP contribution < -0.4 is 20.1 Å². The highest BCUT2D eigenvalue weighted by molar-refractivity contribution is 14.0. The molecule has 0 aliphatic carbocycles. The fourth-order valence-corrected chi connectivity index (χ4v) is 3.53. The maximum Gasteiger partial charge on any atom is 0.191 e. The van der Waals surface area contributed by atoms with Gasteiger partial charge >= 0.3 is 0 Å². The third kappa shape index (κ3) is 7.73. The van der Waals surface area contributed by atoms with Gasteiger partial charge in [0, 0.05) is 44.4 Å². The van der Waals surface area contributed by atoms with Gasteiger partial charge < -0.3 is 29.4 Å². The summed E-state index contributed by atoms with van der Waals surface area (Å²) in [5.74, 6) is 4.23. The summed E-state index contributed by atoms with van der Waals surface area (Å²) in [5, 5.41) is 15.1. The average molecular weight is 572 g/mol. The predicted octanol–water partition coefficient (Wildman–Crippen LogP) is 3.13. The molecule has 1 aromatic carbocycles. The Bertz CT molecular complexity index is 918. The zero-order chi connectivity index (χ0) is 22.9. The molecule has 2 heterocycles. The van der Waals surface area contributed by atoms with Crippen molar-refractivity contribution in [2.24, 2.45) is 12.0 Å². The van der Waals surface area contributed by atoms with Crippen molar-refractivity contribution in [2.45, 2.75) is 59.7 Å². The van der Waals surface area contributed by atoms with Gasteiger partial charge in [-0.05, 0) is 46.2 Å². The number of nitrogens with one attached hydrogen (secondary N) is 2. The van der Waals surface area contributed by atoms with Gasteiger partial charge in [0.15, 0.2) is 11.8 Å². The quantitative estimate of drug-likeness (QED) is 0.185. The van der Waals surface area contributed by atoms with E-state index < -0.39 is 0 Å². The van der Waals surface area contributed by atoms with Crippen LogP contribution in [0.15, 0.2) is 17.1 Å². The number of rotatable bonds is 11. The van der Waals surface area contributed by atoms with Gasteiger partial charge in [-0.2, -0.15) is 0 Å². The minimum absolute atomic E-state index is 0. The zero-order valence-corrected chi connectivity index (χ0v) is 22.6. The normalized spacial score (nSPS) is 14.9. The molecule has 0 spiro atoms. The largest absolute Gasteiger partial charge is 0.494 e. The molecule has 1 aliphatic heterocycles. The number of fused-ring (bicyclic) bond motifs is 1. The standard InChI is InChI=1S/C23H36N6O3.HI/c1-6-30-10-8-9-24-23(26-15-22-28-27-17(4)29(22)5)25-14-19-13-21-18(11-16(3)32-21)12-20(19)31-7-2;/h12-13,16H,6-11,14-15H2,1-5H3,(H2,24,25,26);1H. The Morgan fingerprint density at radius 3 is 2.76 bits per heavy atom. The van der Waals surface area contributed by atoms with Crippen molar-refractivity contribution in [1.29, 1.82) is 0 Å². The first-order valence-electron chi connectivity index (χ1n) is 11.4. The van der Waals surface area contributed by atoms with Crippen LogP contribution in [0.25, 0.3) is 0 Å². The Morgan fingerprint density at radius 2 is 2.06 bits per heavy atom. The lowest BCUT2D eigenvalue weighted by Crippen LogP contribution is -2.38. The summed E-state index contributed by atoms with van der Waals surface area (Å²) in [4.78, 5) is 4.81. The Hall–Kier alpha value is -2.08. The van der Waals surface area contributed by atoms with Crippen molar-refractivity contribution < 1.29 is 14.2 Å². The molecule has 10 heteroatoms. The highest BCUT2D eigenvalue weighted by Crippen LogP contribution is 2.35. The smallest absolute Gasteiger partial charge is 0.191 e. The first-order chi connectivity index (χ1) is 15.5. The second-order valence-corrected chi connectivity index (χ2v) is 7.85. The third-order valence-corrected chi connectivity index (χ3v) is 5.35. The molecule has 2 aromatic rings. The number of nitrogens with zero attached hydrogens (tertiary/aromatic N) is 4. The van der Waals surface area contributed by atoms with Gasteiger partial charge in [0.25, 0.3) is 0 Å². The number of aliphatic imine (C=N–C) groups is 1. The number of aryl methyl sites for hydroxylation is 1. The molecule has 0 bridgehead atoms. The van der Waals surface area contributed by atoms with Crippen LogP contribution in [0.3, 0.4) is 0 Å². The van der Waals surface area contributed by atoms with Crippen molar-refractivity contribution in [3.8, 4) is 11.5 Å². The number of benzene rings is 1. The molecule has 0 amide bonds. The fourth-order valence-electron chi connectivity index (χ4n) is 3.53. The molecule has 3 rings (SSSR count). The second-order valence-electron chi connectivity index (χ2n) is 7.85. The van der Waals surface area contributed by atoms with Gasteiger partial charge in [-0.25, -0.2) is 4.99 Å². The van der Waals surface area contributed by atoms with E-state index in [1.807, 2.05) is 32.4 Å². The van der Waals surface area contributed by atoms with Gasteiger partial charge in [-0.3, -0.25) is 0 Å². The minimum Gasteiger partial charge on any atom is -0.494 e. The zero-order valence-electron chi connectivity index (χ0n) is 20.3. The van der Waals surface area contributed by atoms with E-state index in [1.165, 1.54) is 5.56 Å². The van der Waals surface area contributed by atoms with Crippen LogP contribution in [0, 0.1) is 6.92 Å². The fraction of sp³-hybridized carbons (Fsp3) is 0.609. The minimum atomic E-state index is 0. The lowest BCUT2D eigenvalue weighted by atomic mass is 10.1. The van der Waals surface area contributed by atoms with E-state index in [-0.39, 0.29) is 30.1 Å². The Kier molecular flexibility index (Phi) is 11.2. The maximum atomic E-state index is 5.94. The van der Waals surface area contributed by atoms with Gasteiger partial charge in [0.1, 0.15) is 23.4 Å². The molecule has 9 nitrogen and oxygen atoms in total. The number of hydrogen-bond acceptors (Lipinski definition) is 6. The monoisotopic (exact) mass is 572 g/mol. The van der Waals surface area contributed by atoms with Crippen LogP contribution in [0.1, 0.15) is 50.0 Å². The number of hydrogen-bond donors (Lipinski definition) is 2. The maximum absolute atomic E-state index is 5.94. The summed E-state index contributed by atoms with van der Waals surface area (Å²) in [6, 6.07) is 4.16. The van der Waals surface area contributed by atoms with Crippen LogP contribution in [0.2, 0.25) is 0 Å². The predicted molar refractivity (Wildman–Crippen MR) is 140 cm³/mol. The van der Waals surface area contributed by atoms with Gasteiger partial charge in [0.2, 0.25) is 0 Å². The topological polar surface area (TPSA) is 94.8 Å². The second kappa shape index (κ2) is 13.6. The van der Waals surface area contributed by atoms with E-state index in [0.717, 1.165) is 54.7 Å². The van der Waals surface area contributed by atoms with Crippen LogP contribution in [-0.2, 0) is 31.3 Å². The Balaban J connectivity index is 0.00000385. The number of guanidine groups is 1. The van der Waals surface area contributed by atoms with E-state index in [0.29, 0.717) is 32.3 Å². The molecule has 0 saturated heterocycles. The van der Waals surface area contributed by atoms with Crippen LogP contribution >= 0.6 is 24.0 Å². The molecule has 1 aromatic heterocycles. The number of halogens is 1. The summed E-state index contributed by atoms with van der Waals surface area (Å²) in [5.41, 5.74) is 2.20. The Labute approximate surface area is 213 Å². The highest BCUT2D eigenvalue weighted by atomic mass is 127. The molecule has 0 saturated carbocycles. The SMILES string of the molecule is CCOCCCNC(=NCc1cc2c(cc1OCC)CC(C)O2)NCc1nnc(C)n1C.I. The molecule has 0 fully saturated rings. The third-order valence-electron chi connectivity index (χ3n) is 5.35. The molecule has 1 unspecified atom stereocenters. The van der Waals surface area contributed by atoms with E-state index >= 15 is 0 Å². The summed E-state index contributed by atoms with van der Waals surface area (Å²) in [6.45, 7) is 11.8. The van der Waals surface area contributed by atoms with Gasteiger partial charge in [-0.15, -0.1) is 34.2 Å². The van der Waals surface area contributed by atoms with Crippen molar-refractivity contribution in [3.05, 3.63) is 34.9 Å². The first kappa shape index (κ1) is 27.2. The number of aromatic nitrogens is 3. The van der Waals surface area contributed by atoms with Crippen LogP contribution in [0.4, 0.5) is 0 Å². The van der Waals surface area contributed by atoms with Crippen LogP contribution in [0.5, 0.6) is 11.5 Å². The van der Waals surface area contributed by atoms with Crippen LogP contribution in [-0.4, -0.2) is 53.2 Å². The molecular weight excluding hydrogens is 535 g/mol. The molecule has 0 radical (unpaired) electrons. The Morgan fingerprint density at radius 1 is 1.24 bits per heavy atom. The van der Waals surface area contributed by atoms with Crippen molar-refractivity contribution >= 4 is 29.9 Å². The van der Waals surface area contributed by atoms with Crippen molar-refractivity contribution in [3.63, 3.8) is 0 Å². The lowest BCUT2D eigenvalue weighted by molar-refractivity contribution is 0.145. The molecule has 2 N–H and O–H groups in total. The van der Waals surface area contributed by atoms with E-state index in [9.17, 15) is 0 Å². The highest BCUT2D eigenvalue weighted by Gasteiger charge is 2.21. The molecule has 33 heavy (non-hydrogen) atoms. The molecule has 1 atom stereocenters. The van der Waals surface area contributed by atoms with Crippen molar-refractivity contribution in [1.82, 2.24) is 25.4 Å². The lowest BCUT2D eigenvalue weighted by Gasteiger charge is -2.14. The summed E-state index contributed by atoms with van der Waals surface area (Å²) < 4.78 is 19.2. The first-order valence-corrected chi connectivity index (χ1v) is 11.4. The van der Waals surface area contributed by atoms with Crippen molar-refractivity contribution in [2.75, 3.05) is 26.4 Å². The molecule has 184 valence electrons. The number of ether oxygens (including phenoxy) is 3. The summed E-state index contributed by atoms with van der Waals surface area (Å²) in [7, 11) is 1.96. The summed E-state index contributed by atoms with van der Waals surface area (Å²) in [6.07, 6.45) is 1.99. The van der Waals surface area contributed by atoms with Gasteiger partial charge in [0.05, 0.1) is 19.7 Å². The summed E-state index contributed by atoms with van der Waals surface area (Å²) >= 11 is 0.